The van der Waals surface area contributed by atoms with E-state index in [-0.39, 0.29) is 6.61 Å². The van der Waals surface area contributed by atoms with Crippen LogP contribution in [-0.4, -0.2) is 36.2 Å². The van der Waals surface area contributed by atoms with E-state index in [1.165, 1.54) is 12.8 Å². The van der Waals surface area contributed by atoms with Crippen LogP contribution in [0.3, 0.4) is 0 Å². The number of aliphatic hydroxyl groups excluding tert-OH is 1. The number of nitrogens with zero attached hydrogens (tertiary/aromatic N) is 1. The van der Waals surface area contributed by atoms with Gasteiger partial charge in [0.2, 0.25) is 0 Å². The molecule has 84 valence electrons. The Morgan fingerprint density at radius 1 is 1.40 bits per heavy atom. The molecule has 0 aromatic rings. The second-order valence-electron chi connectivity index (χ2n) is 4.81. The molecule has 2 aliphatic rings. The second kappa shape index (κ2) is 4.95. The molecule has 0 radical (unpaired) electrons. The van der Waals surface area contributed by atoms with Crippen LogP contribution in [0.15, 0.2) is 24.8 Å². The van der Waals surface area contributed by atoms with Gasteiger partial charge < -0.3 is 5.11 Å². The molecule has 0 spiro atoms. The van der Waals surface area contributed by atoms with Crippen LogP contribution in [0.4, 0.5) is 0 Å². The lowest BCUT2D eigenvalue weighted by molar-refractivity contribution is 0.179. The minimum Gasteiger partial charge on any atom is -0.395 e. The van der Waals surface area contributed by atoms with Crippen molar-refractivity contribution in [2.75, 3.05) is 26.2 Å². The fraction of sp³-hybridized carbons (Fsp3) is 0.692. The van der Waals surface area contributed by atoms with E-state index in [1.807, 2.05) is 6.08 Å². The van der Waals surface area contributed by atoms with Crippen LogP contribution in [-0.2, 0) is 0 Å². The van der Waals surface area contributed by atoms with E-state index in [9.17, 15) is 0 Å². The number of hydrogen-bond donors (Lipinski definition) is 1. The SMILES string of the molecule is C=CCN(CCO)CC1CC2C=CC1C2. The largest absolute Gasteiger partial charge is 0.395 e. The van der Waals surface area contributed by atoms with Crippen LogP contribution in [0.2, 0.25) is 0 Å². The number of allylic oxidation sites excluding steroid dienone is 2. The summed E-state index contributed by atoms with van der Waals surface area (Å²) in [4.78, 5) is 2.31. The first kappa shape index (κ1) is 10.9. The maximum atomic E-state index is 8.98. The topological polar surface area (TPSA) is 23.5 Å². The van der Waals surface area contributed by atoms with Crippen LogP contribution in [0, 0.1) is 17.8 Å². The Balaban J connectivity index is 1.83. The van der Waals surface area contributed by atoms with E-state index in [4.69, 9.17) is 5.11 Å². The monoisotopic (exact) mass is 207 g/mol. The van der Waals surface area contributed by atoms with Gasteiger partial charge in [0.05, 0.1) is 6.61 Å². The highest BCUT2D eigenvalue weighted by molar-refractivity contribution is 5.10. The fourth-order valence-electron chi connectivity index (χ4n) is 3.02. The average Bonchev–Trinajstić information content (AvgIpc) is 2.80. The Bertz CT molecular complexity index is 249. The summed E-state index contributed by atoms with van der Waals surface area (Å²) < 4.78 is 0. The molecule has 0 heterocycles. The first-order valence-electron chi connectivity index (χ1n) is 5.96. The van der Waals surface area contributed by atoms with E-state index in [0.717, 1.165) is 37.4 Å². The standard InChI is InChI=1S/C13H21NO/c1-2-5-14(6-7-15)10-13-9-11-3-4-12(13)8-11/h2-4,11-13,15H,1,5-10H2. The molecule has 2 heteroatoms. The molecule has 15 heavy (non-hydrogen) atoms. The van der Waals surface area contributed by atoms with Crippen molar-refractivity contribution < 1.29 is 5.11 Å². The van der Waals surface area contributed by atoms with Gasteiger partial charge in [-0.05, 0) is 30.6 Å². The smallest absolute Gasteiger partial charge is 0.0558 e. The summed E-state index contributed by atoms with van der Waals surface area (Å²) in [6.07, 6.45) is 9.42. The van der Waals surface area contributed by atoms with Gasteiger partial charge in [0.1, 0.15) is 0 Å². The molecule has 2 rings (SSSR count). The summed E-state index contributed by atoms with van der Waals surface area (Å²) in [6, 6.07) is 0. The fourth-order valence-corrected chi connectivity index (χ4v) is 3.02. The molecule has 0 aromatic heterocycles. The molecule has 2 nitrogen and oxygen atoms in total. The molecule has 3 unspecified atom stereocenters. The van der Waals surface area contributed by atoms with Crippen molar-refractivity contribution in [2.45, 2.75) is 12.8 Å². The zero-order valence-corrected chi connectivity index (χ0v) is 9.31. The number of hydrogen-bond acceptors (Lipinski definition) is 2. The van der Waals surface area contributed by atoms with E-state index in [2.05, 4.69) is 23.6 Å². The highest BCUT2D eigenvalue weighted by Crippen LogP contribution is 2.43. The van der Waals surface area contributed by atoms with Crippen LogP contribution in [0.1, 0.15) is 12.8 Å². The molecule has 0 saturated heterocycles. The predicted molar refractivity (Wildman–Crippen MR) is 62.6 cm³/mol. The lowest BCUT2D eigenvalue weighted by Crippen LogP contribution is -2.33. The second-order valence-corrected chi connectivity index (χ2v) is 4.81. The van der Waals surface area contributed by atoms with Crippen molar-refractivity contribution in [3.63, 3.8) is 0 Å². The third kappa shape index (κ3) is 2.50. The number of rotatable bonds is 6. The maximum absolute atomic E-state index is 8.98. The Labute approximate surface area is 92.3 Å². The molecular weight excluding hydrogens is 186 g/mol. The molecule has 1 fully saturated rings. The average molecular weight is 207 g/mol. The van der Waals surface area contributed by atoms with Crippen molar-refractivity contribution in [3.05, 3.63) is 24.8 Å². The van der Waals surface area contributed by atoms with Crippen LogP contribution < -0.4 is 0 Å². The van der Waals surface area contributed by atoms with Crippen LogP contribution in [0.5, 0.6) is 0 Å². The zero-order chi connectivity index (χ0) is 10.7. The van der Waals surface area contributed by atoms with Crippen molar-refractivity contribution in [1.29, 1.82) is 0 Å². The van der Waals surface area contributed by atoms with Gasteiger partial charge in [-0.2, -0.15) is 0 Å². The summed E-state index contributed by atoms with van der Waals surface area (Å²) in [5.74, 6) is 2.47. The Kier molecular flexibility index (Phi) is 3.60. The van der Waals surface area contributed by atoms with Crippen molar-refractivity contribution in [1.82, 2.24) is 4.90 Å². The zero-order valence-electron chi connectivity index (χ0n) is 9.31. The molecule has 2 bridgehead atoms. The Hall–Kier alpha value is -0.600. The van der Waals surface area contributed by atoms with E-state index >= 15 is 0 Å². The molecule has 1 saturated carbocycles. The first-order valence-corrected chi connectivity index (χ1v) is 5.96. The van der Waals surface area contributed by atoms with E-state index in [1.54, 1.807) is 0 Å². The van der Waals surface area contributed by atoms with Gasteiger partial charge in [-0.3, -0.25) is 4.90 Å². The Morgan fingerprint density at radius 3 is 2.80 bits per heavy atom. The van der Waals surface area contributed by atoms with Crippen LogP contribution >= 0.6 is 0 Å². The molecule has 0 amide bonds. The Morgan fingerprint density at radius 2 is 2.27 bits per heavy atom. The van der Waals surface area contributed by atoms with Gasteiger partial charge in [-0.15, -0.1) is 6.58 Å². The van der Waals surface area contributed by atoms with Gasteiger partial charge in [-0.25, -0.2) is 0 Å². The van der Waals surface area contributed by atoms with E-state index < -0.39 is 0 Å². The van der Waals surface area contributed by atoms with Crippen LogP contribution in [0.25, 0.3) is 0 Å². The number of fused-ring (bicyclic) bond motifs is 2. The highest BCUT2D eigenvalue weighted by Gasteiger charge is 2.35. The lowest BCUT2D eigenvalue weighted by Gasteiger charge is -2.26. The summed E-state index contributed by atoms with van der Waals surface area (Å²) in [6.45, 7) is 6.83. The van der Waals surface area contributed by atoms with Gasteiger partial charge >= 0.3 is 0 Å². The minimum absolute atomic E-state index is 0.254. The summed E-state index contributed by atoms with van der Waals surface area (Å²) in [5, 5.41) is 8.98. The summed E-state index contributed by atoms with van der Waals surface area (Å²) in [7, 11) is 0. The highest BCUT2D eigenvalue weighted by atomic mass is 16.3. The quantitative estimate of drug-likeness (QED) is 0.670. The molecule has 0 aromatic carbocycles. The summed E-state index contributed by atoms with van der Waals surface area (Å²) >= 11 is 0. The van der Waals surface area contributed by atoms with Gasteiger partial charge in [0.25, 0.3) is 0 Å². The molecule has 2 aliphatic carbocycles. The van der Waals surface area contributed by atoms with Gasteiger partial charge in [-0.1, -0.05) is 18.2 Å². The van der Waals surface area contributed by atoms with Crippen molar-refractivity contribution in [3.8, 4) is 0 Å². The van der Waals surface area contributed by atoms with Gasteiger partial charge in [0, 0.05) is 19.6 Å². The third-order valence-electron chi connectivity index (χ3n) is 3.71. The van der Waals surface area contributed by atoms with Crippen molar-refractivity contribution >= 4 is 0 Å². The first-order chi connectivity index (χ1) is 7.33. The third-order valence-corrected chi connectivity index (χ3v) is 3.71. The molecule has 0 aliphatic heterocycles. The van der Waals surface area contributed by atoms with E-state index in [0.29, 0.717) is 0 Å². The van der Waals surface area contributed by atoms with Crippen molar-refractivity contribution in [2.24, 2.45) is 17.8 Å². The summed E-state index contributed by atoms with van der Waals surface area (Å²) in [5.41, 5.74) is 0. The lowest BCUT2D eigenvalue weighted by atomic mass is 9.93. The molecular formula is C13H21NO. The normalized spacial score (nSPS) is 32.8. The molecule has 1 N–H and O–H groups in total. The minimum atomic E-state index is 0.254. The van der Waals surface area contributed by atoms with Gasteiger partial charge in [0.15, 0.2) is 0 Å². The number of aliphatic hydroxyl groups is 1. The molecule has 3 atom stereocenters. The predicted octanol–water partition coefficient (Wildman–Crippen LogP) is 1.68. The maximum Gasteiger partial charge on any atom is 0.0558 e.